The van der Waals surface area contributed by atoms with Gasteiger partial charge in [-0.1, -0.05) is 19.0 Å². The van der Waals surface area contributed by atoms with Crippen molar-refractivity contribution in [3.8, 4) is 17.6 Å². The highest BCUT2D eigenvalue weighted by Gasteiger charge is 2.32. The van der Waals surface area contributed by atoms with Gasteiger partial charge in [0.25, 0.3) is 0 Å². The summed E-state index contributed by atoms with van der Waals surface area (Å²) in [5.41, 5.74) is 9.16. The van der Waals surface area contributed by atoms with Crippen molar-refractivity contribution in [2.24, 2.45) is 5.92 Å². The second-order valence-electron chi connectivity index (χ2n) is 12.5. The fourth-order valence-electron chi connectivity index (χ4n) is 7.24. The van der Waals surface area contributed by atoms with Gasteiger partial charge in [-0.3, -0.25) is 4.90 Å². The fourth-order valence-corrected chi connectivity index (χ4v) is 8.16. The van der Waals surface area contributed by atoms with E-state index < -0.39 is 0 Å². The Morgan fingerprint density at radius 1 is 1.20 bits per heavy atom. The molecule has 0 spiro atoms. The molecule has 0 bridgehead atoms. The number of anilines is 2. The lowest BCUT2D eigenvalue weighted by atomic mass is 9.99. The van der Waals surface area contributed by atoms with Crippen LogP contribution in [0.25, 0.3) is 22.6 Å². The molecule has 3 atom stereocenters. The predicted octanol–water partition coefficient (Wildman–Crippen LogP) is 5.35. The molecule has 0 saturated carbocycles. The Morgan fingerprint density at radius 3 is 2.91 bits per heavy atom. The highest BCUT2D eigenvalue weighted by atomic mass is 32.1. The molecule has 7 heterocycles. The number of rotatable bonds is 9. The molecule has 232 valence electrons. The van der Waals surface area contributed by atoms with Crippen LogP contribution in [0.3, 0.4) is 0 Å². The molecule has 12 heteroatoms. The zero-order valence-corrected chi connectivity index (χ0v) is 26.5. The van der Waals surface area contributed by atoms with E-state index in [-0.39, 0.29) is 6.10 Å². The van der Waals surface area contributed by atoms with Crippen molar-refractivity contribution >= 4 is 33.2 Å². The quantitative estimate of drug-likeness (QED) is 0.262. The van der Waals surface area contributed by atoms with Crippen LogP contribution in [0.1, 0.15) is 80.2 Å². The molecule has 0 aromatic carbocycles. The van der Waals surface area contributed by atoms with Crippen LogP contribution < -0.4 is 10.6 Å². The second kappa shape index (κ2) is 12.5. The minimum Gasteiger partial charge on any atom is -0.389 e. The van der Waals surface area contributed by atoms with E-state index in [0.29, 0.717) is 41.4 Å². The molecule has 3 unspecified atom stereocenters. The molecule has 0 amide bonds. The lowest BCUT2D eigenvalue weighted by Crippen LogP contribution is -2.35. The molecular weight excluding hydrogens is 574 g/mol. The van der Waals surface area contributed by atoms with Gasteiger partial charge in [-0.25, -0.2) is 14.6 Å². The Bertz CT molecular complexity index is 1670. The van der Waals surface area contributed by atoms with E-state index in [1.807, 2.05) is 12.3 Å². The molecule has 0 radical (unpaired) electrons. The lowest BCUT2D eigenvalue weighted by Gasteiger charge is -2.32. The molecule has 2 saturated heterocycles. The molecule has 3 aliphatic heterocycles. The number of likely N-dealkylation sites (tertiary alicyclic amines) is 1. The molecular formula is C32H41N9O2S. The van der Waals surface area contributed by atoms with Gasteiger partial charge in [0, 0.05) is 36.0 Å². The molecule has 11 nitrogen and oxygen atoms in total. The van der Waals surface area contributed by atoms with Crippen LogP contribution in [0, 0.1) is 17.2 Å². The number of piperidine rings is 1. The van der Waals surface area contributed by atoms with E-state index in [2.05, 4.69) is 39.6 Å². The summed E-state index contributed by atoms with van der Waals surface area (Å²) in [6.07, 6.45) is 9.81. The van der Waals surface area contributed by atoms with Gasteiger partial charge in [-0.2, -0.15) is 10.4 Å². The number of thiophene rings is 1. The molecule has 2 fully saturated rings. The molecule has 4 aromatic rings. The molecule has 7 rings (SSSR count). The van der Waals surface area contributed by atoms with Crippen LogP contribution in [0.15, 0.2) is 16.8 Å². The molecule has 0 aliphatic carbocycles. The zero-order valence-electron chi connectivity index (χ0n) is 25.7. The number of hydrogen-bond donors (Lipinski definition) is 1. The minimum absolute atomic E-state index is 0.174. The number of likely N-dealkylation sites (N-methyl/N-ethyl adjacent to an activating group) is 1. The first-order chi connectivity index (χ1) is 21.5. The number of fused-ring (bicyclic) bond motifs is 2. The standard InChI is InChI=1S/C32H41N9O2S/c1-3-39-12-6-8-22(39)19-41-32-25(17-35-41)31(40-13-5-7-20(2)18-40)36-30(37-32)27-24-11-14-42-26(28(24)43-38-27)10-4-9-23-15-21(16-33)29(34)44-23/h15,17,20,22,26H,3-14,18-19,34H2,1-2H3. The first-order valence-electron chi connectivity index (χ1n) is 16.1. The van der Waals surface area contributed by atoms with E-state index in [1.54, 1.807) is 0 Å². The van der Waals surface area contributed by atoms with Gasteiger partial charge in [0.05, 0.1) is 30.3 Å². The number of aromatic nitrogens is 5. The van der Waals surface area contributed by atoms with Crippen LogP contribution in [0.4, 0.5) is 10.8 Å². The fraction of sp³-hybridized carbons (Fsp3) is 0.594. The minimum atomic E-state index is -0.174. The Hall–Kier alpha value is -3.53. The van der Waals surface area contributed by atoms with Crippen molar-refractivity contribution in [2.45, 2.75) is 83.9 Å². The van der Waals surface area contributed by atoms with Gasteiger partial charge in [-0.15, -0.1) is 11.3 Å². The largest absolute Gasteiger partial charge is 0.389 e. The van der Waals surface area contributed by atoms with Gasteiger partial charge in [0.15, 0.2) is 22.9 Å². The number of hydrogen-bond acceptors (Lipinski definition) is 11. The Morgan fingerprint density at radius 2 is 2.09 bits per heavy atom. The van der Waals surface area contributed by atoms with E-state index in [9.17, 15) is 5.26 Å². The predicted molar refractivity (Wildman–Crippen MR) is 170 cm³/mol. The third-order valence-corrected chi connectivity index (χ3v) is 10.6. The normalized spacial score (nSPS) is 22.5. The maximum atomic E-state index is 9.23. The highest BCUT2D eigenvalue weighted by molar-refractivity contribution is 7.16. The van der Waals surface area contributed by atoms with E-state index in [0.717, 1.165) is 97.2 Å². The number of nitrogens with two attached hydrogens (primary N) is 1. The maximum absolute atomic E-state index is 9.23. The summed E-state index contributed by atoms with van der Waals surface area (Å²) in [6, 6.07) is 4.53. The van der Waals surface area contributed by atoms with Crippen molar-refractivity contribution in [1.29, 1.82) is 5.26 Å². The lowest BCUT2D eigenvalue weighted by molar-refractivity contribution is 0.0158. The smallest absolute Gasteiger partial charge is 0.186 e. The van der Waals surface area contributed by atoms with E-state index in [1.165, 1.54) is 30.6 Å². The Balaban J connectivity index is 1.19. The number of aryl methyl sites for hydroxylation is 1. The van der Waals surface area contributed by atoms with Gasteiger partial charge >= 0.3 is 0 Å². The summed E-state index contributed by atoms with van der Waals surface area (Å²) in [5.74, 6) is 2.95. The maximum Gasteiger partial charge on any atom is 0.186 e. The van der Waals surface area contributed by atoms with Crippen molar-refractivity contribution in [3.05, 3.63) is 34.0 Å². The second-order valence-corrected chi connectivity index (χ2v) is 13.7. The number of ether oxygens (including phenoxy) is 1. The average Bonchev–Trinajstić information content (AvgIpc) is 3.83. The summed E-state index contributed by atoms with van der Waals surface area (Å²) in [5, 5.41) is 20.3. The van der Waals surface area contributed by atoms with Crippen LogP contribution in [0.5, 0.6) is 0 Å². The summed E-state index contributed by atoms with van der Waals surface area (Å²) < 4.78 is 14.3. The van der Waals surface area contributed by atoms with Crippen LogP contribution >= 0.6 is 11.3 Å². The highest BCUT2D eigenvalue weighted by Crippen LogP contribution is 2.38. The molecule has 44 heavy (non-hydrogen) atoms. The average molecular weight is 616 g/mol. The topological polar surface area (TPSA) is 135 Å². The third kappa shape index (κ3) is 5.57. The molecule has 4 aromatic heterocycles. The molecule has 2 N–H and O–H groups in total. The van der Waals surface area contributed by atoms with Gasteiger partial charge in [0.1, 0.15) is 23.0 Å². The van der Waals surface area contributed by atoms with E-state index >= 15 is 0 Å². The first kappa shape index (κ1) is 29.2. The van der Waals surface area contributed by atoms with Crippen LogP contribution in [-0.4, -0.2) is 68.6 Å². The number of nitrogens with zero attached hydrogens (tertiary/aromatic N) is 8. The summed E-state index contributed by atoms with van der Waals surface area (Å²) >= 11 is 1.49. The van der Waals surface area contributed by atoms with Crippen LogP contribution in [0.2, 0.25) is 0 Å². The number of nitriles is 1. The summed E-state index contributed by atoms with van der Waals surface area (Å²) in [7, 11) is 0. The van der Waals surface area contributed by atoms with E-state index in [4.69, 9.17) is 30.1 Å². The van der Waals surface area contributed by atoms with Crippen LogP contribution in [-0.2, 0) is 24.1 Å². The van der Waals surface area contributed by atoms with Gasteiger partial charge in [-0.05, 0) is 70.0 Å². The van der Waals surface area contributed by atoms with Gasteiger partial charge < -0.3 is 19.9 Å². The van der Waals surface area contributed by atoms with Gasteiger partial charge in [0.2, 0.25) is 0 Å². The monoisotopic (exact) mass is 615 g/mol. The zero-order chi connectivity index (χ0) is 30.2. The van der Waals surface area contributed by atoms with Crippen molar-refractivity contribution in [1.82, 2.24) is 29.8 Å². The molecule has 3 aliphatic rings. The van der Waals surface area contributed by atoms with Crippen molar-refractivity contribution in [3.63, 3.8) is 0 Å². The van der Waals surface area contributed by atoms with Crippen molar-refractivity contribution < 1.29 is 9.26 Å². The van der Waals surface area contributed by atoms with Crippen molar-refractivity contribution in [2.75, 3.05) is 43.4 Å². The summed E-state index contributed by atoms with van der Waals surface area (Å²) in [4.78, 5) is 16.4. The summed E-state index contributed by atoms with van der Waals surface area (Å²) in [6.45, 7) is 10.1. The Kier molecular flexibility index (Phi) is 8.27. The Labute approximate surface area is 262 Å². The SMILES string of the molecule is CCN1CCCC1Cn1ncc2c(N3CCCC(C)C3)nc(-c3noc4c3CCOC4CCCc3cc(C#N)c(N)s3)nc21. The number of nitrogen functional groups attached to an aromatic ring is 1. The first-order valence-corrected chi connectivity index (χ1v) is 16.9. The third-order valence-electron chi connectivity index (χ3n) is 9.54.